The van der Waals surface area contributed by atoms with Gasteiger partial charge in [0, 0.05) is 14.1 Å². The molecule has 0 saturated carbocycles. The van der Waals surface area contributed by atoms with Crippen molar-refractivity contribution in [2.75, 3.05) is 19.8 Å². The Balaban J connectivity index is 3.42. The third-order valence-corrected chi connectivity index (χ3v) is 3.64. The smallest absolute Gasteiger partial charge is 0.246 e. The lowest BCUT2D eigenvalue weighted by atomic mass is 10.3. The molecule has 78 valence electrons. The standard InChI is InChI=1S/C8H12N2O3S/c1-10(2)14(12,13)7-5-3-4-6(9)8(7)11/h3-5,11H,9H2,1-2H3. The summed E-state index contributed by atoms with van der Waals surface area (Å²) < 4.78 is 24.2. The van der Waals surface area contributed by atoms with Crippen molar-refractivity contribution in [1.82, 2.24) is 4.31 Å². The van der Waals surface area contributed by atoms with Crippen LogP contribution in [0.5, 0.6) is 5.75 Å². The number of nitrogens with zero attached hydrogens (tertiary/aromatic N) is 1. The minimum absolute atomic E-state index is 0.0490. The second kappa shape index (κ2) is 3.47. The number of benzene rings is 1. The average Bonchev–Trinajstić information content (AvgIpc) is 2.09. The zero-order valence-corrected chi connectivity index (χ0v) is 8.75. The first kappa shape index (κ1) is 10.8. The topological polar surface area (TPSA) is 83.6 Å². The number of phenols is 1. The van der Waals surface area contributed by atoms with Crippen molar-refractivity contribution in [3.8, 4) is 5.75 Å². The van der Waals surface area contributed by atoms with E-state index in [1.165, 1.54) is 32.3 Å². The Labute approximate surface area is 82.8 Å². The molecule has 1 aromatic carbocycles. The number of aromatic hydroxyl groups is 1. The molecular weight excluding hydrogens is 204 g/mol. The number of sulfonamides is 1. The number of hydrogen-bond donors (Lipinski definition) is 2. The van der Waals surface area contributed by atoms with Crippen molar-refractivity contribution in [2.24, 2.45) is 0 Å². The Bertz CT molecular complexity index is 440. The highest BCUT2D eigenvalue weighted by Crippen LogP contribution is 2.29. The zero-order chi connectivity index (χ0) is 10.9. The van der Waals surface area contributed by atoms with Crippen molar-refractivity contribution in [2.45, 2.75) is 4.90 Å². The first-order chi connectivity index (χ1) is 6.37. The van der Waals surface area contributed by atoms with Gasteiger partial charge >= 0.3 is 0 Å². The van der Waals surface area contributed by atoms with Crippen molar-refractivity contribution in [3.63, 3.8) is 0 Å². The Morgan fingerprint density at radius 3 is 2.43 bits per heavy atom. The van der Waals surface area contributed by atoms with Crippen molar-refractivity contribution >= 4 is 15.7 Å². The quantitative estimate of drug-likeness (QED) is 0.547. The van der Waals surface area contributed by atoms with Gasteiger partial charge in [-0.2, -0.15) is 0 Å². The maximum absolute atomic E-state index is 11.6. The van der Waals surface area contributed by atoms with E-state index in [2.05, 4.69) is 0 Å². The number of anilines is 1. The van der Waals surface area contributed by atoms with E-state index in [1.807, 2.05) is 0 Å². The fourth-order valence-corrected chi connectivity index (χ4v) is 1.95. The highest BCUT2D eigenvalue weighted by Gasteiger charge is 2.21. The van der Waals surface area contributed by atoms with Crippen LogP contribution in [0.4, 0.5) is 5.69 Å². The van der Waals surface area contributed by atoms with Crippen LogP contribution in [-0.2, 0) is 10.0 Å². The van der Waals surface area contributed by atoms with E-state index in [-0.39, 0.29) is 10.6 Å². The molecular formula is C8H12N2O3S. The van der Waals surface area contributed by atoms with E-state index in [0.717, 1.165) is 4.31 Å². The first-order valence-electron chi connectivity index (χ1n) is 3.87. The van der Waals surface area contributed by atoms with E-state index in [9.17, 15) is 13.5 Å². The number of hydrogen-bond acceptors (Lipinski definition) is 4. The predicted molar refractivity (Wildman–Crippen MR) is 53.4 cm³/mol. The molecule has 0 aliphatic carbocycles. The van der Waals surface area contributed by atoms with Crippen molar-refractivity contribution < 1.29 is 13.5 Å². The summed E-state index contributed by atoms with van der Waals surface area (Å²) in [7, 11) is -0.853. The van der Waals surface area contributed by atoms with Crippen molar-refractivity contribution in [1.29, 1.82) is 0 Å². The van der Waals surface area contributed by atoms with E-state index in [0.29, 0.717) is 0 Å². The molecule has 1 aromatic rings. The molecule has 0 aliphatic rings. The van der Waals surface area contributed by atoms with E-state index in [1.54, 1.807) is 0 Å². The van der Waals surface area contributed by atoms with Crippen LogP contribution in [-0.4, -0.2) is 31.9 Å². The van der Waals surface area contributed by atoms with Crippen LogP contribution in [0.1, 0.15) is 0 Å². The fourth-order valence-electron chi connectivity index (χ4n) is 0.944. The van der Waals surface area contributed by atoms with Gasteiger partial charge in [-0.1, -0.05) is 6.07 Å². The van der Waals surface area contributed by atoms with Crippen LogP contribution in [0.25, 0.3) is 0 Å². The van der Waals surface area contributed by atoms with Crippen LogP contribution < -0.4 is 5.73 Å². The lowest BCUT2D eigenvalue weighted by Crippen LogP contribution is -2.22. The molecule has 14 heavy (non-hydrogen) atoms. The zero-order valence-electron chi connectivity index (χ0n) is 7.93. The number of phenolic OH excluding ortho intramolecular Hbond substituents is 1. The van der Waals surface area contributed by atoms with Gasteiger partial charge in [-0.3, -0.25) is 0 Å². The van der Waals surface area contributed by atoms with Gasteiger partial charge in [-0.25, -0.2) is 12.7 Å². The third-order valence-electron chi connectivity index (χ3n) is 1.79. The summed E-state index contributed by atoms with van der Waals surface area (Å²) in [5.41, 5.74) is 5.43. The van der Waals surface area contributed by atoms with Crippen molar-refractivity contribution in [3.05, 3.63) is 18.2 Å². The SMILES string of the molecule is CN(C)S(=O)(=O)c1cccc(N)c1O. The van der Waals surface area contributed by atoms with Gasteiger partial charge in [-0.15, -0.1) is 0 Å². The molecule has 0 fully saturated rings. The van der Waals surface area contributed by atoms with E-state index >= 15 is 0 Å². The molecule has 0 unspecified atom stereocenters. The van der Waals surface area contributed by atoms with Gasteiger partial charge in [0.1, 0.15) is 4.90 Å². The number of nitrogen functional groups attached to an aromatic ring is 1. The third kappa shape index (κ3) is 1.66. The predicted octanol–water partition coefficient (Wildman–Crippen LogP) is 0.225. The molecule has 6 heteroatoms. The molecule has 5 nitrogen and oxygen atoms in total. The fraction of sp³-hybridized carbons (Fsp3) is 0.250. The molecule has 0 saturated heterocycles. The molecule has 0 heterocycles. The minimum Gasteiger partial charge on any atom is -0.504 e. The van der Waals surface area contributed by atoms with Gasteiger partial charge in [0.25, 0.3) is 0 Å². The number of nitrogens with two attached hydrogens (primary N) is 1. The highest BCUT2D eigenvalue weighted by molar-refractivity contribution is 7.89. The second-order valence-electron chi connectivity index (χ2n) is 2.98. The summed E-state index contributed by atoms with van der Waals surface area (Å²) in [6, 6.07) is 4.22. The summed E-state index contributed by atoms with van der Waals surface area (Å²) >= 11 is 0. The van der Waals surface area contributed by atoms with Crippen LogP contribution >= 0.6 is 0 Å². The van der Waals surface area contributed by atoms with E-state index in [4.69, 9.17) is 5.73 Å². The summed E-state index contributed by atoms with van der Waals surface area (Å²) in [5.74, 6) is -0.402. The van der Waals surface area contributed by atoms with Gasteiger partial charge in [-0.05, 0) is 12.1 Å². The lowest BCUT2D eigenvalue weighted by Gasteiger charge is -2.13. The summed E-state index contributed by atoms with van der Waals surface area (Å²) in [4.78, 5) is -0.178. The molecule has 0 radical (unpaired) electrons. The minimum atomic E-state index is -3.63. The normalized spacial score (nSPS) is 11.9. The first-order valence-corrected chi connectivity index (χ1v) is 5.31. The largest absolute Gasteiger partial charge is 0.504 e. The van der Waals surface area contributed by atoms with Crippen LogP contribution in [0.2, 0.25) is 0 Å². The Kier molecular flexibility index (Phi) is 2.68. The van der Waals surface area contributed by atoms with Gasteiger partial charge in [0.15, 0.2) is 5.75 Å². The Hall–Kier alpha value is -1.27. The summed E-state index contributed by atoms with van der Waals surface area (Å²) in [6.45, 7) is 0. The van der Waals surface area contributed by atoms with Gasteiger partial charge in [0.2, 0.25) is 10.0 Å². The molecule has 0 aliphatic heterocycles. The van der Waals surface area contributed by atoms with E-state index < -0.39 is 15.8 Å². The van der Waals surface area contributed by atoms with Crippen LogP contribution in [0, 0.1) is 0 Å². The van der Waals surface area contributed by atoms with Gasteiger partial charge in [0.05, 0.1) is 5.69 Å². The monoisotopic (exact) mass is 216 g/mol. The molecule has 0 aromatic heterocycles. The maximum atomic E-state index is 11.6. The molecule has 0 bridgehead atoms. The van der Waals surface area contributed by atoms with Crippen LogP contribution in [0.15, 0.2) is 23.1 Å². The summed E-state index contributed by atoms with van der Waals surface area (Å²) in [5, 5.41) is 9.45. The summed E-state index contributed by atoms with van der Waals surface area (Å²) in [6.07, 6.45) is 0. The second-order valence-corrected chi connectivity index (χ2v) is 5.10. The van der Waals surface area contributed by atoms with Crippen LogP contribution in [0.3, 0.4) is 0 Å². The molecule has 3 N–H and O–H groups in total. The molecule has 0 spiro atoms. The molecule has 1 rings (SSSR count). The molecule has 0 amide bonds. The average molecular weight is 216 g/mol. The highest BCUT2D eigenvalue weighted by atomic mass is 32.2. The maximum Gasteiger partial charge on any atom is 0.246 e. The molecule has 0 atom stereocenters. The lowest BCUT2D eigenvalue weighted by molar-refractivity contribution is 0.455. The van der Waals surface area contributed by atoms with Gasteiger partial charge < -0.3 is 10.8 Å². The Morgan fingerprint density at radius 1 is 1.36 bits per heavy atom. The Morgan fingerprint density at radius 2 is 1.93 bits per heavy atom. The number of para-hydroxylation sites is 1. The number of rotatable bonds is 2.